The predicted molar refractivity (Wildman–Crippen MR) is 247 cm³/mol. The molecule has 0 saturated heterocycles. The van der Waals surface area contributed by atoms with Crippen LogP contribution >= 0.6 is 7.82 Å². The number of hydrogen-bond acceptors (Lipinski definition) is 8. The van der Waals surface area contributed by atoms with Gasteiger partial charge in [0.2, 0.25) is 0 Å². The number of hydrogen-bond donors (Lipinski definition) is 2. The van der Waals surface area contributed by atoms with Gasteiger partial charge in [0.1, 0.15) is 6.61 Å². The molecule has 0 radical (unpaired) electrons. The SMILES string of the molecule is CCCCCCCCC=CCC=CCC=CCCCC(=O)OCC(COP(=O)(O)OCCN)OC(=O)CCCCCCCCCCCCCC=CCCCCCCCC. The van der Waals surface area contributed by atoms with E-state index in [1.165, 1.54) is 135 Å². The molecule has 0 heterocycles. The Hall–Kier alpha value is -2.03. The summed E-state index contributed by atoms with van der Waals surface area (Å²) >= 11 is 0. The lowest BCUT2D eigenvalue weighted by Crippen LogP contribution is -2.29. The van der Waals surface area contributed by atoms with Gasteiger partial charge in [-0.1, -0.05) is 184 Å². The summed E-state index contributed by atoms with van der Waals surface area (Å²) in [6.07, 6.45) is 53.0. The first-order chi connectivity index (χ1) is 28.8. The van der Waals surface area contributed by atoms with E-state index in [-0.39, 0.29) is 32.6 Å². The van der Waals surface area contributed by atoms with Crippen LogP contribution in [-0.4, -0.2) is 49.3 Å². The third-order valence-corrected chi connectivity index (χ3v) is 11.2. The van der Waals surface area contributed by atoms with Crippen LogP contribution in [-0.2, 0) is 32.7 Å². The minimum Gasteiger partial charge on any atom is -0.462 e. The fourth-order valence-corrected chi connectivity index (χ4v) is 7.35. The molecule has 0 aliphatic heterocycles. The zero-order valence-corrected chi connectivity index (χ0v) is 38.9. The first kappa shape index (κ1) is 57.0. The van der Waals surface area contributed by atoms with Crippen molar-refractivity contribution in [2.45, 2.75) is 225 Å². The quantitative estimate of drug-likeness (QED) is 0.0266. The number of carbonyl (C=O) groups excluding carboxylic acids is 2. The summed E-state index contributed by atoms with van der Waals surface area (Å²) in [5, 5.41) is 0. The second-order valence-corrected chi connectivity index (χ2v) is 17.4. The van der Waals surface area contributed by atoms with Gasteiger partial charge < -0.3 is 20.1 Å². The van der Waals surface area contributed by atoms with Crippen LogP contribution in [0.4, 0.5) is 0 Å². The van der Waals surface area contributed by atoms with E-state index in [1.807, 2.05) is 0 Å². The lowest BCUT2D eigenvalue weighted by molar-refractivity contribution is -0.161. The smallest absolute Gasteiger partial charge is 0.462 e. The van der Waals surface area contributed by atoms with E-state index in [9.17, 15) is 19.0 Å². The van der Waals surface area contributed by atoms with Crippen LogP contribution in [0, 0.1) is 0 Å². The molecule has 0 amide bonds. The summed E-state index contributed by atoms with van der Waals surface area (Å²) in [5.41, 5.74) is 5.36. The lowest BCUT2D eigenvalue weighted by atomic mass is 10.0. The van der Waals surface area contributed by atoms with Crippen molar-refractivity contribution in [3.8, 4) is 0 Å². The minimum absolute atomic E-state index is 0.0461. The molecular weight excluding hydrogens is 762 g/mol. The van der Waals surface area contributed by atoms with E-state index in [0.717, 1.165) is 44.9 Å². The molecule has 0 aliphatic carbocycles. The van der Waals surface area contributed by atoms with Crippen molar-refractivity contribution in [2.24, 2.45) is 5.73 Å². The average Bonchev–Trinajstić information content (AvgIpc) is 3.22. The molecule has 0 rings (SSSR count). The number of unbranched alkanes of at least 4 members (excludes halogenated alkanes) is 24. The van der Waals surface area contributed by atoms with Crippen LogP contribution in [0.15, 0.2) is 48.6 Å². The molecule has 10 heteroatoms. The fourth-order valence-electron chi connectivity index (χ4n) is 6.59. The molecule has 2 unspecified atom stereocenters. The van der Waals surface area contributed by atoms with Crippen LogP contribution in [0.1, 0.15) is 219 Å². The van der Waals surface area contributed by atoms with Crippen LogP contribution in [0.5, 0.6) is 0 Å². The van der Waals surface area contributed by atoms with Gasteiger partial charge in [-0.15, -0.1) is 0 Å². The van der Waals surface area contributed by atoms with Crippen molar-refractivity contribution < 1.29 is 37.6 Å². The second kappa shape index (κ2) is 45.5. The molecule has 3 N–H and O–H groups in total. The van der Waals surface area contributed by atoms with Gasteiger partial charge in [-0.25, -0.2) is 4.57 Å². The topological polar surface area (TPSA) is 134 Å². The molecule has 0 spiro atoms. The van der Waals surface area contributed by atoms with E-state index < -0.39 is 32.5 Å². The van der Waals surface area contributed by atoms with E-state index in [2.05, 4.69) is 62.5 Å². The maximum atomic E-state index is 12.6. The third-order valence-electron chi connectivity index (χ3n) is 10.2. The molecular formula is C49H90NO8P. The Labute approximate surface area is 362 Å². The maximum Gasteiger partial charge on any atom is 0.472 e. The Morgan fingerprint density at radius 2 is 0.898 bits per heavy atom. The highest BCUT2D eigenvalue weighted by atomic mass is 31.2. The van der Waals surface area contributed by atoms with Gasteiger partial charge in [0, 0.05) is 19.4 Å². The van der Waals surface area contributed by atoms with Gasteiger partial charge in [0.05, 0.1) is 13.2 Å². The summed E-state index contributed by atoms with van der Waals surface area (Å²) < 4.78 is 32.8. The van der Waals surface area contributed by atoms with Crippen molar-refractivity contribution in [2.75, 3.05) is 26.4 Å². The molecule has 0 aliphatic rings. The molecule has 9 nitrogen and oxygen atoms in total. The second-order valence-electron chi connectivity index (χ2n) is 16.0. The summed E-state index contributed by atoms with van der Waals surface area (Å²) in [4.78, 5) is 34.9. The first-order valence-electron chi connectivity index (χ1n) is 24.1. The monoisotopic (exact) mass is 852 g/mol. The average molecular weight is 852 g/mol. The lowest BCUT2D eigenvalue weighted by Gasteiger charge is -2.19. The van der Waals surface area contributed by atoms with Gasteiger partial charge in [-0.05, 0) is 70.6 Å². The summed E-state index contributed by atoms with van der Waals surface area (Å²) in [6, 6.07) is 0. The van der Waals surface area contributed by atoms with Crippen molar-refractivity contribution in [1.82, 2.24) is 0 Å². The van der Waals surface area contributed by atoms with Crippen molar-refractivity contribution in [1.29, 1.82) is 0 Å². The summed E-state index contributed by atoms with van der Waals surface area (Å²) in [7, 11) is -4.39. The Morgan fingerprint density at radius 1 is 0.508 bits per heavy atom. The van der Waals surface area contributed by atoms with Crippen molar-refractivity contribution in [3.05, 3.63) is 48.6 Å². The number of carbonyl (C=O) groups is 2. The van der Waals surface area contributed by atoms with Gasteiger partial charge in [-0.2, -0.15) is 0 Å². The van der Waals surface area contributed by atoms with E-state index >= 15 is 0 Å². The Morgan fingerprint density at radius 3 is 1.37 bits per heavy atom. The third kappa shape index (κ3) is 45.3. The normalized spacial score (nSPS) is 13.6. The van der Waals surface area contributed by atoms with Crippen molar-refractivity contribution in [3.63, 3.8) is 0 Å². The maximum absolute atomic E-state index is 12.6. The zero-order valence-electron chi connectivity index (χ0n) is 38.0. The molecule has 0 aromatic heterocycles. The highest BCUT2D eigenvalue weighted by Gasteiger charge is 2.26. The molecule has 0 aromatic rings. The number of phosphoric acid groups is 1. The number of rotatable bonds is 45. The Bertz CT molecular complexity index is 1110. The standard InChI is InChI=1S/C49H90NO8P/c1-3-5-7-9-11-13-15-17-19-21-22-23-24-26-28-30-32-34-36-38-40-42-49(52)58-47(46-57-59(53,54)56-44-43-50)45-55-48(51)41-39-37-35-33-31-29-27-25-20-18-16-14-12-10-8-6-4-2/h17-20,27,29,33,35,47H,3-16,21-26,28,30-32,34,36-46,50H2,1-2H3,(H,53,54). The molecule has 2 atom stereocenters. The highest BCUT2D eigenvalue weighted by Crippen LogP contribution is 2.43. The first-order valence-corrected chi connectivity index (χ1v) is 25.6. The van der Waals surface area contributed by atoms with Crippen LogP contribution in [0.3, 0.4) is 0 Å². The number of ether oxygens (including phenoxy) is 2. The Kier molecular flexibility index (Phi) is 43.9. The molecule has 0 saturated carbocycles. The number of phosphoric ester groups is 1. The van der Waals surface area contributed by atoms with Gasteiger partial charge in [0.25, 0.3) is 0 Å². The highest BCUT2D eigenvalue weighted by molar-refractivity contribution is 7.47. The Balaban J connectivity index is 4.14. The minimum atomic E-state index is -4.39. The van der Waals surface area contributed by atoms with Crippen LogP contribution in [0.2, 0.25) is 0 Å². The van der Waals surface area contributed by atoms with Gasteiger partial charge >= 0.3 is 19.8 Å². The summed E-state index contributed by atoms with van der Waals surface area (Å²) in [5.74, 6) is -0.887. The van der Waals surface area contributed by atoms with Crippen LogP contribution in [0.25, 0.3) is 0 Å². The summed E-state index contributed by atoms with van der Waals surface area (Å²) in [6.45, 7) is 3.68. The van der Waals surface area contributed by atoms with Crippen molar-refractivity contribution >= 4 is 19.8 Å². The molecule has 59 heavy (non-hydrogen) atoms. The van der Waals surface area contributed by atoms with E-state index in [1.54, 1.807) is 0 Å². The number of allylic oxidation sites excluding steroid dienone is 8. The van der Waals surface area contributed by atoms with E-state index in [0.29, 0.717) is 12.8 Å². The molecule has 0 fully saturated rings. The van der Waals surface area contributed by atoms with E-state index in [4.69, 9.17) is 24.3 Å². The predicted octanol–water partition coefficient (Wildman–Crippen LogP) is 14.3. The zero-order chi connectivity index (χ0) is 43.2. The van der Waals surface area contributed by atoms with Crippen LogP contribution < -0.4 is 5.73 Å². The van der Waals surface area contributed by atoms with Gasteiger partial charge in [-0.3, -0.25) is 18.6 Å². The fraction of sp³-hybridized carbons (Fsp3) is 0.796. The molecule has 0 bridgehead atoms. The number of nitrogens with two attached hydrogens (primary N) is 1. The van der Waals surface area contributed by atoms with Gasteiger partial charge in [0.15, 0.2) is 6.10 Å². The largest absolute Gasteiger partial charge is 0.472 e. The number of esters is 2. The molecule has 0 aromatic carbocycles. The molecule has 344 valence electrons.